The second-order valence-corrected chi connectivity index (χ2v) is 7.70. The van der Waals surface area contributed by atoms with Crippen LogP contribution in [0.1, 0.15) is 49.3 Å². The third-order valence-electron chi connectivity index (χ3n) is 3.59. The maximum absolute atomic E-state index is 3.58. The SMILES string of the molecule is Cc1cc(C)c2sc(CNC(C)C)c(CC(C)C)c2c1. The molecule has 1 nitrogen and oxygen atoms in total. The van der Waals surface area contributed by atoms with Gasteiger partial charge >= 0.3 is 0 Å². The first-order valence-corrected chi connectivity index (χ1v) is 8.45. The maximum atomic E-state index is 3.58. The fraction of sp³-hybridized carbons (Fsp3) is 0.556. The molecule has 0 fully saturated rings. The molecule has 1 aromatic carbocycles. The summed E-state index contributed by atoms with van der Waals surface area (Å²) in [6, 6.07) is 5.21. The molecule has 2 heteroatoms. The van der Waals surface area contributed by atoms with E-state index in [0.717, 1.165) is 6.54 Å². The molecule has 0 aliphatic heterocycles. The molecule has 0 atom stereocenters. The second-order valence-electron chi connectivity index (χ2n) is 6.60. The summed E-state index contributed by atoms with van der Waals surface area (Å²) in [5, 5.41) is 5.07. The summed E-state index contributed by atoms with van der Waals surface area (Å²) in [7, 11) is 0. The van der Waals surface area contributed by atoms with Crippen LogP contribution in [-0.4, -0.2) is 6.04 Å². The van der Waals surface area contributed by atoms with Crippen molar-refractivity contribution < 1.29 is 0 Å². The van der Waals surface area contributed by atoms with Crippen molar-refractivity contribution in [2.75, 3.05) is 0 Å². The fourth-order valence-corrected chi connectivity index (χ4v) is 3.95. The summed E-state index contributed by atoms with van der Waals surface area (Å²) in [6.45, 7) is 14.5. The lowest BCUT2D eigenvalue weighted by Gasteiger charge is -2.11. The van der Waals surface area contributed by atoms with Gasteiger partial charge in [0.05, 0.1) is 0 Å². The quantitative estimate of drug-likeness (QED) is 0.796. The predicted molar refractivity (Wildman–Crippen MR) is 91.8 cm³/mol. The van der Waals surface area contributed by atoms with Crippen LogP contribution in [0.2, 0.25) is 0 Å². The molecule has 2 rings (SSSR count). The molecule has 0 unspecified atom stereocenters. The number of hydrogen-bond donors (Lipinski definition) is 1. The highest BCUT2D eigenvalue weighted by atomic mass is 32.1. The van der Waals surface area contributed by atoms with E-state index < -0.39 is 0 Å². The van der Waals surface area contributed by atoms with E-state index in [9.17, 15) is 0 Å². The molecule has 110 valence electrons. The fourth-order valence-electron chi connectivity index (χ4n) is 2.72. The minimum Gasteiger partial charge on any atom is -0.310 e. The molecule has 0 saturated heterocycles. The van der Waals surface area contributed by atoms with Gasteiger partial charge < -0.3 is 5.32 Å². The van der Waals surface area contributed by atoms with Crippen LogP contribution in [0, 0.1) is 19.8 Å². The molecule has 0 bridgehead atoms. The van der Waals surface area contributed by atoms with Gasteiger partial charge in [-0.25, -0.2) is 0 Å². The minimum absolute atomic E-state index is 0.537. The number of thiophene rings is 1. The third kappa shape index (κ3) is 3.42. The zero-order valence-electron chi connectivity index (χ0n) is 13.6. The highest BCUT2D eigenvalue weighted by molar-refractivity contribution is 7.19. The van der Waals surface area contributed by atoms with Gasteiger partial charge in [0.15, 0.2) is 0 Å². The van der Waals surface area contributed by atoms with Gasteiger partial charge in [-0.2, -0.15) is 0 Å². The molecule has 20 heavy (non-hydrogen) atoms. The van der Waals surface area contributed by atoms with E-state index in [1.54, 1.807) is 5.56 Å². The average molecular weight is 289 g/mol. The van der Waals surface area contributed by atoms with E-state index in [4.69, 9.17) is 0 Å². The Bertz CT molecular complexity index is 593. The Morgan fingerprint density at radius 1 is 1.10 bits per heavy atom. The van der Waals surface area contributed by atoms with Gasteiger partial charge in [0.25, 0.3) is 0 Å². The molecule has 1 N–H and O–H groups in total. The number of aryl methyl sites for hydroxylation is 2. The number of fused-ring (bicyclic) bond motifs is 1. The van der Waals surface area contributed by atoms with Crippen LogP contribution in [0.5, 0.6) is 0 Å². The highest BCUT2D eigenvalue weighted by Crippen LogP contribution is 2.36. The molecule has 0 radical (unpaired) electrons. The monoisotopic (exact) mass is 289 g/mol. The Hall–Kier alpha value is -0.860. The van der Waals surface area contributed by atoms with Crippen molar-refractivity contribution in [3.8, 4) is 0 Å². The normalized spacial score (nSPS) is 12.0. The number of benzene rings is 1. The van der Waals surface area contributed by atoms with Crippen molar-refractivity contribution >= 4 is 21.4 Å². The van der Waals surface area contributed by atoms with Crippen LogP contribution in [0.3, 0.4) is 0 Å². The van der Waals surface area contributed by atoms with Crippen LogP contribution >= 0.6 is 11.3 Å². The Labute approximate surface area is 127 Å². The first-order chi connectivity index (χ1) is 9.38. The summed E-state index contributed by atoms with van der Waals surface area (Å²) in [6.07, 6.45) is 1.18. The van der Waals surface area contributed by atoms with E-state index in [1.165, 1.54) is 32.5 Å². The van der Waals surface area contributed by atoms with E-state index >= 15 is 0 Å². The predicted octanol–water partition coefficient (Wildman–Crippen LogP) is 5.21. The van der Waals surface area contributed by atoms with Crippen molar-refractivity contribution in [1.82, 2.24) is 5.32 Å². The lowest BCUT2D eigenvalue weighted by atomic mass is 9.97. The van der Waals surface area contributed by atoms with Gasteiger partial charge in [0.1, 0.15) is 0 Å². The van der Waals surface area contributed by atoms with Crippen LogP contribution < -0.4 is 5.32 Å². The summed E-state index contributed by atoms with van der Waals surface area (Å²) >= 11 is 1.98. The van der Waals surface area contributed by atoms with Gasteiger partial charge in [-0.05, 0) is 42.7 Å². The first-order valence-electron chi connectivity index (χ1n) is 7.63. The number of hydrogen-bond acceptors (Lipinski definition) is 2. The molecule has 0 amide bonds. The highest BCUT2D eigenvalue weighted by Gasteiger charge is 2.15. The minimum atomic E-state index is 0.537. The number of rotatable bonds is 5. The van der Waals surface area contributed by atoms with Crippen LogP contribution in [0.4, 0.5) is 0 Å². The average Bonchev–Trinajstić information content (AvgIpc) is 2.65. The van der Waals surface area contributed by atoms with E-state index in [1.807, 2.05) is 11.3 Å². The molecule has 0 spiro atoms. The van der Waals surface area contributed by atoms with Gasteiger partial charge in [-0.1, -0.05) is 45.4 Å². The van der Waals surface area contributed by atoms with Gasteiger partial charge in [0, 0.05) is 22.2 Å². The Kier molecular flexibility index (Phi) is 4.87. The Morgan fingerprint density at radius 3 is 2.40 bits per heavy atom. The smallest absolute Gasteiger partial charge is 0.0378 e. The van der Waals surface area contributed by atoms with Gasteiger partial charge in [-0.3, -0.25) is 0 Å². The topological polar surface area (TPSA) is 12.0 Å². The second kappa shape index (κ2) is 6.28. The molecular formula is C18H27NS. The molecular weight excluding hydrogens is 262 g/mol. The van der Waals surface area contributed by atoms with Crippen LogP contribution in [0.15, 0.2) is 12.1 Å². The van der Waals surface area contributed by atoms with Crippen LogP contribution in [-0.2, 0) is 13.0 Å². The number of nitrogens with one attached hydrogen (secondary N) is 1. The van der Waals surface area contributed by atoms with E-state index in [2.05, 4.69) is 59.0 Å². The van der Waals surface area contributed by atoms with Crippen LogP contribution in [0.25, 0.3) is 10.1 Å². The molecule has 1 aromatic heterocycles. The van der Waals surface area contributed by atoms with Gasteiger partial charge in [-0.15, -0.1) is 11.3 Å². The maximum Gasteiger partial charge on any atom is 0.0378 e. The first kappa shape index (κ1) is 15.5. The zero-order chi connectivity index (χ0) is 14.9. The lowest BCUT2D eigenvalue weighted by Crippen LogP contribution is -2.21. The molecule has 0 aliphatic carbocycles. The Morgan fingerprint density at radius 2 is 1.80 bits per heavy atom. The van der Waals surface area contributed by atoms with E-state index in [-0.39, 0.29) is 0 Å². The summed E-state index contributed by atoms with van der Waals surface area (Å²) < 4.78 is 1.48. The summed E-state index contributed by atoms with van der Waals surface area (Å²) in [5.74, 6) is 0.700. The van der Waals surface area contributed by atoms with Gasteiger partial charge in [0.2, 0.25) is 0 Å². The molecule has 0 aliphatic rings. The largest absolute Gasteiger partial charge is 0.310 e. The van der Waals surface area contributed by atoms with Crippen molar-refractivity contribution in [3.05, 3.63) is 33.7 Å². The Balaban J connectivity index is 2.51. The third-order valence-corrected chi connectivity index (χ3v) is 4.97. The van der Waals surface area contributed by atoms with Crippen molar-refractivity contribution in [1.29, 1.82) is 0 Å². The molecule has 1 heterocycles. The lowest BCUT2D eigenvalue weighted by molar-refractivity contribution is 0.585. The molecule has 0 saturated carbocycles. The molecule has 2 aromatic rings. The summed E-state index contributed by atoms with van der Waals surface area (Å²) in [5.41, 5.74) is 4.37. The summed E-state index contributed by atoms with van der Waals surface area (Å²) in [4.78, 5) is 1.52. The van der Waals surface area contributed by atoms with Crippen molar-refractivity contribution in [2.24, 2.45) is 5.92 Å². The van der Waals surface area contributed by atoms with Crippen molar-refractivity contribution in [2.45, 2.75) is 60.5 Å². The van der Waals surface area contributed by atoms with E-state index in [0.29, 0.717) is 12.0 Å². The standard InChI is InChI=1S/C18H27NS/c1-11(2)7-15-16-9-13(5)8-14(6)18(16)20-17(15)10-19-12(3)4/h8-9,11-12,19H,7,10H2,1-6H3. The zero-order valence-corrected chi connectivity index (χ0v) is 14.4. The van der Waals surface area contributed by atoms with Crippen molar-refractivity contribution in [3.63, 3.8) is 0 Å².